The van der Waals surface area contributed by atoms with E-state index in [1.807, 2.05) is 0 Å². The summed E-state index contributed by atoms with van der Waals surface area (Å²) in [6.07, 6.45) is 1.45. The van der Waals surface area contributed by atoms with Crippen molar-refractivity contribution in [3.8, 4) is 0 Å². The van der Waals surface area contributed by atoms with Gasteiger partial charge in [-0.05, 0) is 26.0 Å². The lowest BCUT2D eigenvalue weighted by atomic mass is 10.1. The van der Waals surface area contributed by atoms with Crippen LogP contribution in [0, 0.1) is 6.92 Å². The van der Waals surface area contributed by atoms with Gasteiger partial charge in [-0.1, -0.05) is 12.1 Å². The van der Waals surface area contributed by atoms with E-state index >= 15 is 0 Å². The first-order valence-corrected chi connectivity index (χ1v) is 6.21. The number of nitrogens with one attached hydrogen (secondary N) is 2. The van der Waals surface area contributed by atoms with E-state index < -0.39 is 5.97 Å². The number of rotatable bonds is 4. The van der Waals surface area contributed by atoms with E-state index in [0.29, 0.717) is 22.6 Å². The lowest BCUT2D eigenvalue weighted by molar-refractivity contribution is 0.0527. The lowest BCUT2D eigenvalue weighted by Crippen LogP contribution is -2.17. The van der Waals surface area contributed by atoms with Crippen LogP contribution in [0.4, 0.5) is 5.69 Å². The number of amides is 1. The fraction of sp³-hybridized carbons (Fsp3) is 0.214. The average molecular weight is 273 g/mol. The Morgan fingerprint density at radius 2 is 2.10 bits per heavy atom. The van der Waals surface area contributed by atoms with Crippen LogP contribution in [-0.4, -0.2) is 28.5 Å². The van der Waals surface area contributed by atoms with Gasteiger partial charge in [0.1, 0.15) is 5.69 Å². The SMILES string of the molecule is CCOC(=O)c1ccccc1NC(=O)c1nc[nH]c1C. The second-order valence-corrected chi connectivity index (χ2v) is 4.10. The Balaban J connectivity index is 2.24. The molecule has 0 saturated heterocycles. The number of nitrogens with zero attached hydrogens (tertiary/aromatic N) is 1. The summed E-state index contributed by atoms with van der Waals surface area (Å²) in [6.45, 7) is 3.75. The highest BCUT2D eigenvalue weighted by molar-refractivity contribution is 6.07. The standard InChI is InChI=1S/C14H15N3O3/c1-3-20-14(19)10-6-4-5-7-11(10)17-13(18)12-9(2)15-8-16-12/h4-8H,3H2,1-2H3,(H,15,16)(H,17,18). The van der Waals surface area contributed by atoms with E-state index in [0.717, 1.165) is 0 Å². The van der Waals surface area contributed by atoms with Crippen LogP contribution in [0.1, 0.15) is 33.5 Å². The van der Waals surface area contributed by atoms with E-state index in [4.69, 9.17) is 4.74 Å². The number of H-pyrrole nitrogens is 1. The molecule has 1 heterocycles. The molecule has 2 rings (SSSR count). The second-order valence-electron chi connectivity index (χ2n) is 4.10. The number of hydrogen-bond acceptors (Lipinski definition) is 4. The maximum Gasteiger partial charge on any atom is 0.340 e. The molecule has 6 heteroatoms. The zero-order valence-electron chi connectivity index (χ0n) is 11.3. The van der Waals surface area contributed by atoms with Crippen LogP contribution >= 0.6 is 0 Å². The number of hydrogen-bond donors (Lipinski definition) is 2. The molecule has 0 aliphatic rings. The molecule has 6 nitrogen and oxygen atoms in total. The van der Waals surface area contributed by atoms with Crippen molar-refractivity contribution < 1.29 is 14.3 Å². The third-order valence-electron chi connectivity index (χ3n) is 2.72. The van der Waals surface area contributed by atoms with Gasteiger partial charge < -0.3 is 15.0 Å². The van der Waals surface area contributed by atoms with E-state index in [1.54, 1.807) is 38.1 Å². The van der Waals surface area contributed by atoms with Gasteiger partial charge in [-0.2, -0.15) is 0 Å². The number of aromatic amines is 1. The van der Waals surface area contributed by atoms with Gasteiger partial charge in [0.2, 0.25) is 0 Å². The summed E-state index contributed by atoms with van der Waals surface area (Å²) in [5.74, 6) is -0.845. The van der Waals surface area contributed by atoms with Gasteiger partial charge in [0, 0.05) is 5.69 Å². The lowest BCUT2D eigenvalue weighted by Gasteiger charge is -2.09. The molecule has 0 saturated carbocycles. The van der Waals surface area contributed by atoms with Crippen molar-refractivity contribution in [2.24, 2.45) is 0 Å². The number of aromatic nitrogens is 2. The largest absolute Gasteiger partial charge is 0.462 e. The molecule has 0 atom stereocenters. The highest BCUT2D eigenvalue weighted by Crippen LogP contribution is 2.17. The highest BCUT2D eigenvalue weighted by atomic mass is 16.5. The number of aryl methyl sites for hydroxylation is 1. The van der Waals surface area contributed by atoms with Crippen LogP contribution in [0.3, 0.4) is 0 Å². The van der Waals surface area contributed by atoms with Crippen LogP contribution in [0.2, 0.25) is 0 Å². The Morgan fingerprint density at radius 3 is 2.75 bits per heavy atom. The van der Waals surface area contributed by atoms with E-state index in [2.05, 4.69) is 15.3 Å². The number of para-hydroxylation sites is 1. The first kappa shape index (κ1) is 13.8. The summed E-state index contributed by atoms with van der Waals surface area (Å²) in [6, 6.07) is 6.69. The molecule has 0 aliphatic carbocycles. The minimum Gasteiger partial charge on any atom is -0.462 e. The summed E-state index contributed by atoms with van der Waals surface area (Å²) < 4.78 is 4.95. The number of imidazole rings is 1. The summed E-state index contributed by atoms with van der Waals surface area (Å²) >= 11 is 0. The van der Waals surface area contributed by atoms with Crippen LogP contribution in [-0.2, 0) is 4.74 Å². The monoisotopic (exact) mass is 273 g/mol. The van der Waals surface area contributed by atoms with Crippen LogP contribution in [0.5, 0.6) is 0 Å². The smallest absolute Gasteiger partial charge is 0.340 e. The average Bonchev–Trinajstić information content (AvgIpc) is 2.86. The van der Waals surface area contributed by atoms with Gasteiger partial charge in [0.05, 0.1) is 24.2 Å². The van der Waals surface area contributed by atoms with Gasteiger partial charge in [-0.15, -0.1) is 0 Å². The summed E-state index contributed by atoms with van der Waals surface area (Å²) in [5, 5.41) is 2.67. The van der Waals surface area contributed by atoms with Crippen molar-refractivity contribution in [2.45, 2.75) is 13.8 Å². The molecule has 1 amide bonds. The molecular formula is C14H15N3O3. The first-order valence-electron chi connectivity index (χ1n) is 6.21. The predicted molar refractivity (Wildman–Crippen MR) is 73.7 cm³/mol. The topological polar surface area (TPSA) is 84.1 Å². The Bertz CT molecular complexity index is 634. The summed E-state index contributed by atoms with van der Waals surface area (Å²) in [4.78, 5) is 30.7. The van der Waals surface area contributed by atoms with E-state index in [1.165, 1.54) is 6.33 Å². The fourth-order valence-corrected chi connectivity index (χ4v) is 1.75. The Hall–Kier alpha value is -2.63. The molecule has 104 valence electrons. The predicted octanol–water partition coefficient (Wildman–Crippen LogP) is 2.15. The van der Waals surface area contributed by atoms with Gasteiger partial charge in [0.15, 0.2) is 0 Å². The molecule has 0 bridgehead atoms. The van der Waals surface area contributed by atoms with Crippen LogP contribution in [0.15, 0.2) is 30.6 Å². The highest BCUT2D eigenvalue weighted by Gasteiger charge is 2.17. The molecule has 2 N–H and O–H groups in total. The van der Waals surface area contributed by atoms with Gasteiger partial charge in [-0.3, -0.25) is 4.79 Å². The first-order chi connectivity index (χ1) is 9.63. The molecule has 0 fully saturated rings. The quantitative estimate of drug-likeness (QED) is 0.836. The number of anilines is 1. The molecule has 1 aromatic carbocycles. The van der Waals surface area contributed by atoms with Crippen molar-refractivity contribution >= 4 is 17.6 Å². The third-order valence-corrected chi connectivity index (χ3v) is 2.72. The minimum absolute atomic E-state index is 0.277. The molecule has 1 aromatic heterocycles. The van der Waals surface area contributed by atoms with E-state index in [-0.39, 0.29) is 12.5 Å². The number of carbonyl (C=O) groups excluding carboxylic acids is 2. The molecule has 0 radical (unpaired) electrons. The van der Waals surface area contributed by atoms with Crippen molar-refractivity contribution in [3.05, 3.63) is 47.5 Å². The summed E-state index contributed by atoms with van der Waals surface area (Å²) in [7, 11) is 0. The fourth-order valence-electron chi connectivity index (χ4n) is 1.75. The normalized spacial score (nSPS) is 10.1. The van der Waals surface area contributed by atoms with Crippen molar-refractivity contribution in [2.75, 3.05) is 11.9 Å². The molecule has 0 spiro atoms. The second kappa shape index (κ2) is 6.01. The number of benzene rings is 1. The van der Waals surface area contributed by atoms with Gasteiger partial charge >= 0.3 is 5.97 Å². The van der Waals surface area contributed by atoms with Crippen LogP contribution in [0.25, 0.3) is 0 Å². The maximum absolute atomic E-state index is 12.1. The Kier molecular flexibility index (Phi) is 4.14. The van der Waals surface area contributed by atoms with Gasteiger partial charge in [0.25, 0.3) is 5.91 Å². The van der Waals surface area contributed by atoms with Crippen LogP contribution < -0.4 is 5.32 Å². The third kappa shape index (κ3) is 2.85. The molecule has 0 unspecified atom stereocenters. The van der Waals surface area contributed by atoms with Crippen molar-refractivity contribution in [1.82, 2.24) is 9.97 Å². The van der Waals surface area contributed by atoms with Crippen molar-refractivity contribution in [1.29, 1.82) is 0 Å². The Morgan fingerprint density at radius 1 is 1.35 bits per heavy atom. The Labute approximate surface area is 116 Å². The molecule has 2 aromatic rings. The molecule has 20 heavy (non-hydrogen) atoms. The van der Waals surface area contributed by atoms with E-state index in [9.17, 15) is 9.59 Å². The zero-order valence-corrected chi connectivity index (χ0v) is 11.3. The molecule has 0 aliphatic heterocycles. The zero-order chi connectivity index (χ0) is 14.5. The maximum atomic E-state index is 12.1. The summed E-state index contributed by atoms with van der Waals surface area (Å²) in [5.41, 5.74) is 1.68. The number of ether oxygens (including phenoxy) is 1. The van der Waals surface area contributed by atoms with Crippen molar-refractivity contribution in [3.63, 3.8) is 0 Å². The minimum atomic E-state index is -0.470. The number of esters is 1. The number of carbonyl (C=O) groups is 2. The molecular weight excluding hydrogens is 258 g/mol. The van der Waals surface area contributed by atoms with Gasteiger partial charge in [-0.25, -0.2) is 9.78 Å².